The van der Waals surface area contributed by atoms with Crippen LogP contribution in [0.5, 0.6) is 0 Å². The molecule has 3 heteroatoms. The van der Waals surface area contributed by atoms with Crippen LogP contribution >= 0.6 is 0 Å². The van der Waals surface area contributed by atoms with Crippen molar-refractivity contribution in [3.8, 4) is 0 Å². The first-order valence-corrected chi connectivity index (χ1v) is 8.91. The first-order chi connectivity index (χ1) is 12.3. The Morgan fingerprint density at radius 2 is 1.72 bits per heavy atom. The lowest BCUT2D eigenvalue weighted by atomic mass is 10.1. The third-order valence-corrected chi connectivity index (χ3v) is 4.69. The van der Waals surface area contributed by atoms with E-state index in [1.807, 2.05) is 0 Å². The molecule has 1 unspecified atom stereocenters. The molecule has 0 saturated carbocycles. The molecule has 0 spiro atoms. The van der Waals surface area contributed by atoms with E-state index in [2.05, 4.69) is 89.9 Å². The number of nitrogens with zero attached hydrogens (tertiary/aromatic N) is 2. The number of rotatable bonds is 2. The predicted molar refractivity (Wildman–Crippen MR) is 106 cm³/mol. The molecule has 0 aliphatic carbocycles. The summed E-state index contributed by atoms with van der Waals surface area (Å²) in [4.78, 5) is 7.53. The molecule has 1 N–H and O–H groups in total. The molecule has 1 heterocycles. The maximum Gasteiger partial charge on any atom is 0.136 e. The second-order valence-electron chi connectivity index (χ2n) is 6.60. The van der Waals surface area contributed by atoms with E-state index in [4.69, 9.17) is 4.99 Å². The summed E-state index contributed by atoms with van der Waals surface area (Å²) in [5.74, 6) is 1.06. The fourth-order valence-electron chi connectivity index (χ4n) is 3.45. The summed E-state index contributed by atoms with van der Waals surface area (Å²) in [5.41, 5.74) is 2.20. The van der Waals surface area contributed by atoms with Gasteiger partial charge < -0.3 is 10.2 Å². The Balaban J connectivity index is 1.83. The molecule has 126 valence electrons. The van der Waals surface area contributed by atoms with Gasteiger partial charge in [0.15, 0.2) is 0 Å². The van der Waals surface area contributed by atoms with Crippen LogP contribution in [0.1, 0.15) is 12.5 Å². The zero-order chi connectivity index (χ0) is 17.1. The van der Waals surface area contributed by atoms with Gasteiger partial charge in [-0.05, 0) is 18.4 Å². The first-order valence-electron chi connectivity index (χ1n) is 8.91. The van der Waals surface area contributed by atoms with Crippen molar-refractivity contribution in [2.24, 2.45) is 4.99 Å². The van der Waals surface area contributed by atoms with Crippen molar-refractivity contribution in [2.45, 2.75) is 13.0 Å². The van der Waals surface area contributed by atoms with Crippen molar-refractivity contribution < 1.29 is 0 Å². The lowest BCUT2D eigenvalue weighted by molar-refractivity contribution is 0.304. The molecule has 0 amide bonds. The van der Waals surface area contributed by atoms with Crippen LogP contribution < -0.4 is 5.32 Å². The van der Waals surface area contributed by atoms with Gasteiger partial charge in [0.25, 0.3) is 0 Å². The Labute approximate surface area is 149 Å². The van der Waals surface area contributed by atoms with Crippen LogP contribution in [-0.4, -0.2) is 36.4 Å². The van der Waals surface area contributed by atoms with Crippen molar-refractivity contribution >= 4 is 22.3 Å². The van der Waals surface area contributed by atoms with Gasteiger partial charge in [0.2, 0.25) is 0 Å². The lowest BCUT2D eigenvalue weighted by Crippen LogP contribution is -2.51. The van der Waals surface area contributed by atoms with Crippen molar-refractivity contribution in [3.05, 3.63) is 78.4 Å². The van der Waals surface area contributed by atoms with Gasteiger partial charge in [-0.1, -0.05) is 66.7 Å². The molecule has 0 aromatic heterocycles. The van der Waals surface area contributed by atoms with Crippen molar-refractivity contribution in [1.29, 1.82) is 0 Å². The highest BCUT2D eigenvalue weighted by Crippen LogP contribution is 2.27. The Hall–Kier alpha value is -2.65. The molecule has 1 fully saturated rings. The molecular formula is C22H23N3. The van der Waals surface area contributed by atoms with Gasteiger partial charge in [0.05, 0.1) is 5.69 Å². The normalized spacial score (nSPS) is 18.5. The molecule has 3 aromatic rings. The number of nitrogens with one attached hydrogen (secondary N) is 1. The van der Waals surface area contributed by atoms with E-state index in [9.17, 15) is 0 Å². The Morgan fingerprint density at radius 3 is 2.56 bits per heavy atom. The van der Waals surface area contributed by atoms with Crippen LogP contribution in [-0.2, 0) is 0 Å². The largest absolute Gasteiger partial charge is 0.353 e. The van der Waals surface area contributed by atoms with Crippen molar-refractivity contribution in [2.75, 3.05) is 19.6 Å². The minimum absolute atomic E-state index is 0.468. The molecular weight excluding hydrogens is 306 g/mol. The summed E-state index contributed by atoms with van der Waals surface area (Å²) >= 11 is 0. The third-order valence-electron chi connectivity index (χ3n) is 4.69. The smallest absolute Gasteiger partial charge is 0.136 e. The van der Waals surface area contributed by atoms with Crippen LogP contribution in [0.15, 0.2) is 77.8 Å². The van der Waals surface area contributed by atoms with E-state index in [0.29, 0.717) is 6.04 Å². The average molecular weight is 329 g/mol. The van der Waals surface area contributed by atoms with Gasteiger partial charge in [-0.25, -0.2) is 4.99 Å². The minimum Gasteiger partial charge on any atom is -0.353 e. The quantitative estimate of drug-likeness (QED) is 0.563. The molecule has 1 aliphatic heterocycles. The fourth-order valence-corrected chi connectivity index (χ4v) is 3.45. The van der Waals surface area contributed by atoms with Crippen LogP contribution in [0.3, 0.4) is 0 Å². The van der Waals surface area contributed by atoms with E-state index in [-0.39, 0.29) is 0 Å². The molecule has 1 aliphatic rings. The molecule has 3 nitrogen and oxygen atoms in total. The van der Waals surface area contributed by atoms with E-state index in [1.165, 1.54) is 16.3 Å². The summed E-state index contributed by atoms with van der Waals surface area (Å²) in [5, 5.41) is 5.94. The maximum atomic E-state index is 5.13. The van der Waals surface area contributed by atoms with Gasteiger partial charge in [0.1, 0.15) is 5.84 Å². The molecule has 25 heavy (non-hydrogen) atoms. The summed E-state index contributed by atoms with van der Waals surface area (Å²) < 4.78 is 0. The third kappa shape index (κ3) is 3.42. The standard InChI is InChI=1S/C22H23N3/c1-17-16-25(15-14-23-17)22(19-9-3-2-4-10-19)24-21-13-7-11-18-8-5-6-12-20(18)21/h2-13,17,23H,14-16H2,1H3. The highest BCUT2D eigenvalue weighted by Gasteiger charge is 2.20. The highest BCUT2D eigenvalue weighted by molar-refractivity contribution is 6.03. The second-order valence-corrected chi connectivity index (χ2v) is 6.60. The Bertz CT molecular complexity index is 881. The van der Waals surface area contributed by atoms with Gasteiger partial charge in [-0.15, -0.1) is 0 Å². The number of amidine groups is 1. The summed E-state index contributed by atoms with van der Waals surface area (Å²) in [6.07, 6.45) is 0. The first kappa shape index (κ1) is 15.9. The second kappa shape index (κ2) is 7.08. The molecule has 0 bridgehead atoms. The number of hydrogen-bond donors (Lipinski definition) is 1. The monoisotopic (exact) mass is 329 g/mol. The van der Waals surface area contributed by atoms with E-state index in [1.54, 1.807) is 0 Å². The van der Waals surface area contributed by atoms with E-state index < -0.39 is 0 Å². The maximum absolute atomic E-state index is 5.13. The molecule has 4 rings (SSSR count). The van der Waals surface area contributed by atoms with E-state index >= 15 is 0 Å². The topological polar surface area (TPSA) is 27.6 Å². The average Bonchev–Trinajstić information content (AvgIpc) is 2.67. The predicted octanol–water partition coefficient (Wildman–Crippen LogP) is 4.21. The summed E-state index contributed by atoms with van der Waals surface area (Å²) in [6.45, 7) is 5.16. The molecule has 1 atom stereocenters. The number of hydrogen-bond acceptors (Lipinski definition) is 2. The van der Waals surface area contributed by atoms with Crippen LogP contribution in [0.4, 0.5) is 5.69 Å². The van der Waals surface area contributed by atoms with Crippen molar-refractivity contribution in [3.63, 3.8) is 0 Å². The van der Waals surface area contributed by atoms with Gasteiger partial charge >= 0.3 is 0 Å². The summed E-state index contributed by atoms with van der Waals surface area (Å²) in [7, 11) is 0. The summed E-state index contributed by atoms with van der Waals surface area (Å²) in [6, 6.07) is 25.8. The van der Waals surface area contributed by atoms with E-state index in [0.717, 1.165) is 31.2 Å². The van der Waals surface area contributed by atoms with Gasteiger partial charge in [0, 0.05) is 36.6 Å². The fraction of sp³-hybridized carbons (Fsp3) is 0.227. The molecule has 1 saturated heterocycles. The van der Waals surface area contributed by atoms with Crippen LogP contribution in [0.25, 0.3) is 10.8 Å². The van der Waals surface area contributed by atoms with Crippen LogP contribution in [0, 0.1) is 0 Å². The van der Waals surface area contributed by atoms with Gasteiger partial charge in [-0.2, -0.15) is 0 Å². The molecule has 3 aromatic carbocycles. The highest BCUT2D eigenvalue weighted by atomic mass is 15.2. The zero-order valence-corrected chi connectivity index (χ0v) is 14.5. The number of benzene rings is 3. The Morgan fingerprint density at radius 1 is 0.960 bits per heavy atom. The van der Waals surface area contributed by atoms with Gasteiger partial charge in [-0.3, -0.25) is 0 Å². The zero-order valence-electron chi connectivity index (χ0n) is 14.5. The van der Waals surface area contributed by atoms with Crippen molar-refractivity contribution in [1.82, 2.24) is 10.2 Å². The minimum atomic E-state index is 0.468. The number of fused-ring (bicyclic) bond motifs is 1. The van der Waals surface area contributed by atoms with Crippen LogP contribution in [0.2, 0.25) is 0 Å². The number of piperazine rings is 1. The SMILES string of the molecule is CC1CN(C(=Nc2cccc3ccccc23)c2ccccc2)CCN1. The lowest BCUT2D eigenvalue weighted by Gasteiger charge is -2.34. The number of aliphatic imine (C=N–C) groups is 1. The Kier molecular flexibility index (Phi) is 4.49. The molecule has 0 radical (unpaired) electrons.